The molecular weight excluding hydrogens is 232 g/mol. The molecule has 0 saturated carbocycles. The van der Waals surface area contributed by atoms with E-state index in [0.29, 0.717) is 5.69 Å². The van der Waals surface area contributed by atoms with Gasteiger partial charge in [-0.3, -0.25) is 0 Å². The molecule has 0 unspecified atom stereocenters. The third kappa shape index (κ3) is 2.35. The summed E-state index contributed by atoms with van der Waals surface area (Å²) in [5, 5.41) is 12.3. The van der Waals surface area contributed by atoms with E-state index in [0.717, 1.165) is 11.3 Å². The van der Waals surface area contributed by atoms with Gasteiger partial charge >= 0.3 is 5.97 Å². The Labute approximate surface area is 106 Å². The number of aromatic carboxylic acids is 1. The molecule has 3 nitrogen and oxygen atoms in total. The topological polar surface area (TPSA) is 49.3 Å². The summed E-state index contributed by atoms with van der Waals surface area (Å²) in [6.07, 6.45) is 0. The monoisotopic (exact) mass is 247 g/mol. The fourth-order valence-electron chi connectivity index (χ4n) is 1.81. The highest BCUT2D eigenvalue weighted by Gasteiger charge is 2.10. The summed E-state index contributed by atoms with van der Waals surface area (Å²) < 4.78 is 0. The summed E-state index contributed by atoms with van der Waals surface area (Å²) in [6, 6.07) is 12.8. The zero-order valence-electron chi connectivity index (χ0n) is 10.4. The molecule has 0 atom stereocenters. The molecule has 0 saturated heterocycles. The summed E-state index contributed by atoms with van der Waals surface area (Å²) >= 11 is 0. The van der Waals surface area contributed by atoms with E-state index in [9.17, 15) is 4.79 Å². The van der Waals surface area contributed by atoms with Gasteiger partial charge in [-0.2, -0.15) is 0 Å². The lowest BCUT2D eigenvalue weighted by Gasteiger charge is -2.13. The Bertz CT molecular complexity index is 591. The molecule has 0 aromatic heterocycles. The first-order chi connectivity index (χ1) is 8.59. The Morgan fingerprint density at radius 1 is 1.00 bits per heavy atom. The van der Waals surface area contributed by atoms with Crippen LogP contribution in [0, 0.1) is 13.8 Å². The van der Waals surface area contributed by atoms with Crippen molar-refractivity contribution in [3.05, 3.63) is 59.2 Å². The minimum atomic E-state index is -0.927. The molecule has 2 aromatic rings. The number of hydrogen-bond acceptors (Lipinski definition) is 2. The Hall–Kier alpha value is -2.29. The maximum absolute atomic E-state index is 11.1. The molecule has 92 valence electrons. The van der Waals surface area contributed by atoms with E-state index >= 15 is 0 Å². The zero-order valence-corrected chi connectivity index (χ0v) is 10.4. The van der Waals surface area contributed by atoms with Gasteiger partial charge in [-0.05, 0) is 43.2 Å². The number of hydrogen-bond donors (Lipinski definition) is 2. The number of anilines is 2. The first-order valence-electron chi connectivity index (χ1n) is 5.75. The number of para-hydroxylation sites is 1. The van der Waals surface area contributed by atoms with Gasteiger partial charge in [0.2, 0.25) is 0 Å². The normalized spacial score (nSPS) is 10.1. The van der Waals surface area contributed by atoms with E-state index in [1.165, 1.54) is 5.56 Å². The minimum Gasteiger partial charge on any atom is -0.478 e. The van der Waals surface area contributed by atoms with Gasteiger partial charge in [-0.25, -0.2) is 4.79 Å². The lowest BCUT2D eigenvalue weighted by molar-refractivity contribution is 0.0698. The van der Waals surface area contributed by atoms with Gasteiger partial charge in [-0.15, -0.1) is 0 Å². The molecule has 0 heterocycles. The SMILES string of the molecule is Cc1cccc(N[13c]2[13cH][13cH][13cH][13cH][13c]2C(=O)O)c1C. The third-order valence-electron chi connectivity index (χ3n) is 3.03. The van der Waals surface area contributed by atoms with Gasteiger partial charge in [0.1, 0.15) is 0 Å². The summed E-state index contributed by atoms with van der Waals surface area (Å²) in [6.45, 7) is 4.05. The van der Waals surface area contributed by atoms with E-state index < -0.39 is 5.97 Å². The Morgan fingerprint density at radius 2 is 1.67 bits per heavy atom. The molecule has 0 aliphatic rings. The molecule has 18 heavy (non-hydrogen) atoms. The molecule has 2 aromatic carbocycles. The van der Waals surface area contributed by atoms with Crippen LogP contribution in [-0.2, 0) is 0 Å². The van der Waals surface area contributed by atoms with E-state index in [1.54, 1.807) is 18.2 Å². The Balaban J connectivity index is 2.40. The maximum atomic E-state index is 11.1. The van der Waals surface area contributed by atoms with Crippen molar-refractivity contribution in [3.63, 3.8) is 0 Å². The summed E-state index contributed by atoms with van der Waals surface area (Å²) in [7, 11) is 0. The van der Waals surface area contributed by atoms with Gasteiger partial charge in [0, 0.05) is 5.69 Å². The number of aryl methyl sites for hydroxylation is 1. The van der Waals surface area contributed by atoms with Crippen molar-refractivity contribution < 1.29 is 9.90 Å². The second-order valence-corrected chi connectivity index (χ2v) is 4.22. The van der Waals surface area contributed by atoms with Gasteiger partial charge in [0.15, 0.2) is 0 Å². The lowest BCUT2D eigenvalue weighted by atomic mass is 10.1. The predicted molar refractivity (Wildman–Crippen MR) is 72.6 cm³/mol. The van der Waals surface area contributed by atoms with Gasteiger partial charge in [-0.1, -0.05) is 24.3 Å². The summed E-state index contributed by atoms with van der Waals surface area (Å²) in [4.78, 5) is 11.1. The van der Waals surface area contributed by atoms with Crippen molar-refractivity contribution in [1.82, 2.24) is 0 Å². The first-order valence-corrected chi connectivity index (χ1v) is 5.75. The molecule has 0 radical (unpaired) electrons. The van der Waals surface area contributed by atoms with Gasteiger partial charge < -0.3 is 10.4 Å². The molecular formula is C15H15NO2. The smallest absolute Gasteiger partial charge is 0.337 e. The molecule has 0 spiro atoms. The average molecular weight is 247 g/mol. The van der Waals surface area contributed by atoms with Crippen LogP contribution < -0.4 is 5.32 Å². The standard InChI is InChI=1S/C15H15NO2/c1-10-6-5-9-13(11(10)2)16-14-8-4-3-7-12(14)15(17)18/h3-9,16H,1-2H3,(H,17,18)/i3+1,4+1,7+1,8+1,12+1,14+1. The minimum absolute atomic E-state index is 0.276. The fraction of sp³-hybridized carbons (Fsp3) is 0.133. The number of rotatable bonds is 3. The van der Waals surface area contributed by atoms with Crippen molar-refractivity contribution in [1.29, 1.82) is 0 Å². The highest BCUT2D eigenvalue weighted by Crippen LogP contribution is 2.25. The molecule has 0 aliphatic carbocycles. The number of benzene rings is 2. The highest BCUT2D eigenvalue weighted by atomic mass is 16.4. The van der Waals surface area contributed by atoms with E-state index in [-0.39, 0.29) is 5.56 Å². The van der Waals surface area contributed by atoms with E-state index in [1.807, 2.05) is 38.1 Å². The summed E-state index contributed by atoms with van der Waals surface area (Å²) in [5.74, 6) is -0.927. The molecule has 2 N–H and O–H groups in total. The molecule has 3 heteroatoms. The maximum Gasteiger partial charge on any atom is 0.337 e. The van der Waals surface area contributed by atoms with Crippen molar-refractivity contribution >= 4 is 17.3 Å². The molecule has 0 amide bonds. The van der Waals surface area contributed by atoms with Gasteiger partial charge in [0.25, 0.3) is 0 Å². The highest BCUT2D eigenvalue weighted by molar-refractivity contribution is 5.95. The van der Waals surface area contributed by atoms with Crippen LogP contribution in [0.5, 0.6) is 0 Å². The quantitative estimate of drug-likeness (QED) is 0.868. The second kappa shape index (κ2) is 4.92. The van der Waals surface area contributed by atoms with Gasteiger partial charge in [0.05, 0.1) is 11.3 Å². The molecule has 0 fully saturated rings. The fourth-order valence-corrected chi connectivity index (χ4v) is 1.81. The summed E-state index contributed by atoms with van der Waals surface area (Å²) in [5.41, 5.74) is 4.12. The molecule has 0 bridgehead atoms. The largest absolute Gasteiger partial charge is 0.478 e. The Kier molecular flexibility index (Phi) is 3.33. The average Bonchev–Trinajstić information content (AvgIpc) is 2.35. The third-order valence-corrected chi connectivity index (χ3v) is 3.03. The van der Waals surface area contributed by atoms with E-state index in [4.69, 9.17) is 5.11 Å². The molecule has 0 aliphatic heterocycles. The van der Waals surface area contributed by atoms with Crippen LogP contribution in [0.4, 0.5) is 11.4 Å². The Morgan fingerprint density at radius 3 is 2.39 bits per heavy atom. The van der Waals surface area contributed by atoms with Crippen LogP contribution in [0.2, 0.25) is 0 Å². The zero-order chi connectivity index (χ0) is 13.1. The van der Waals surface area contributed by atoms with Crippen LogP contribution in [-0.4, -0.2) is 11.1 Å². The van der Waals surface area contributed by atoms with Crippen LogP contribution in [0.15, 0.2) is 42.5 Å². The van der Waals surface area contributed by atoms with Crippen molar-refractivity contribution in [2.75, 3.05) is 5.32 Å². The van der Waals surface area contributed by atoms with E-state index in [2.05, 4.69) is 5.32 Å². The van der Waals surface area contributed by atoms with Crippen LogP contribution >= 0.6 is 0 Å². The number of carboxylic acids is 1. The van der Waals surface area contributed by atoms with Crippen LogP contribution in [0.1, 0.15) is 21.5 Å². The van der Waals surface area contributed by atoms with Crippen molar-refractivity contribution in [2.24, 2.45) is 0 Å². The predicted octanol–water partition coefficient (Wildman–Crippen LogP) is 3.75. The lowest BCUT2D eigenvalue weighted by Crippen LogP contribution is -2.03. The number of carboxylic acid groups (broad SMARTS) is 1. The van der Waals surface area contributed by atoms with Crippen molar-refractivity contribution in [2.45, 2.75) is 13.8 Å². The first kappa shape index (κ1) is 12.2. The second-order valence-electron chi connectivity index (χ2n) is 4.22. The number of carbonyl (C=O) groups is 1. The van der Waals surface area contributed by atoms with Crippen LogP contribution in [0.25, 0.3) is 0 Å². The van der Waals surface area contributed by atoms with Crippen molar-refractivity contribution in [3.8, 4) is 0 Å². The number of nitrogens with one attached hydrogen (secondary N) is 1. The van der Waals surface area contributed by atoms with Crippen LogP contribution in [0.3, 0.4) is 0 Å². The molecule has 2 rings (SSSR count).